The van der Waals surface area contributed by atoms with Gasteiger partial charge in [-0.1, -0.05) is 62.4 Å². The van der Waals surface area contributed by atoms with E-state index in [-0.39, 0.29) is 17.9 Å². The first kappa shape index (κ1) is 22.6. The van der Waals surface area contributed by atoms with Crippen LogP contribution in [0.25, 0.3) is 10.9 Å². The maximum Gasteiger partial charge on any atom is 0.402 e. The third-order valence-electron chi connectivity index (χ3n) is 5.36. The standard InChI is InChI=1S/C27H31N3O3/c1-18(2)14-25-26(32-17-20-10-6-5-7-11-20)29-24(27(30(25)31)33-19(3)4)15-21-16-28-23-13-9-8-12-22(21)23/h5-13,16,18-19,28H,14-15,17H2,1-4H3. The highest BCUT2D eigenvalue weighted by Gasteiger charge is 2.29. The molecule has 2 aromatic heterocycles. The van der Waals surface area contributed by atoms with Gasteiger partial charge in [-0.05, 0) is 37.0 Å². The Labute approximate surface area is 194 Å². The Balaban J connectivity index is 1.77. The maximum atomic E-state index is 13.5. The lowest BCUT2D eigenvalue weighted by Crippen LogP contribution is -2.38. The van der Waals surface area contributed by atoms with E-state index in [1.165, 1.54) is 0 Å². The Morgan fingerprint density at radius 3 is 2.45 bits per heavy atom. The molecule has 0 spiro atoms. The molecule has 4 rings (SSSR count). The number of nitrogens with zero attached hydrogens (tertiary/aromatic N) is 2. The second kappa shape index (κ2) is 9.94. The Bertz CT molecular complexity index is 1220. The van der Waals surface area contributed by atoms with Crippen LogP contribution < -0.4 is 14.2 Å². The number of benzene rings is 2. The average Bonchev–Trinajstić information content (AvgIpc) is 3.20. The van der Waals surface area contributed by atoms with Crippen LogP contribution in [0, 0.1) is 11.1 Å². The zero-order valence-corrected chi connectivity index (χ0v) is 19.7. The van der Waals surface area contributed by atoms with Gasteiger partial charge >= 0.3 is 5.88 Å². The Hall–Kier alpha value is -3.54. The summed E-state index contributed by atoms with van der Waals surface area (Å²) in [6.45, 7) is 8.32. The first-order valence-corrected chi connectivity index (χ1v) is 11.5. The van der Waals surface area contributed by atoms with Gasteiger partial charge in [-0.2, -0.15) is 0 Å². The lowest BCUT2D eigenvalue weighted by molar-refractivity contribution is -0.623. The molecular formula is C27H31N3O3. The summed E-state index contributed by atoms with van der Waals surface area (Å²) in [6.07, 6.45) is 2.81. The topological polar surface area (TPSA) is 74.1 Å². The zero-order valence-electron chi connectivity index (χ0n) is 19.7. The number of rotatable bonds is 9. The molecule has 0 aliphatic heterocycles. The van der Waals surface area contributed by atoms with Crippen LogP contribution >= 0.6 is 0 Å². The van der Waals surface area contributed by atoms with Crippen molar-refractivity contribution in [2.45, 2.75) is 53.2 Å². The quantitative estimate of drug-likeness (QED) is 0.278. The minimum absolute atomic E-state index is 0.156. The maximum absolute atomic E-state index is 13.5. The highest BCUT2D eigenvalue weighted by atomic mass is 16.6. The first-order valence-electron chi connectivity index (χ1n) is 11.5. The van der Waals surface area contributed by atoms with Gasteiger partial charge in [0.1, 0.15) is 6.61 Å². The van der Waals surface area contributed by atoms with Crippen LogP contribution in [0.4, 0.5) is 0 Å². The highest BCUT2D eigenvalue weighted by Crippen LogP contribution is 2.28. The van der Waals surface area contributed by atoms with Crippen LogP contribution in [0.3, 0.4) is 0 Å². The van der Waals surface area contributed by atoms with Gasteiger partial charge in [0.05, 0.1) is 6.10 Å². The number of para-hydroxylation sites is 1. The number of nitrogens with one attached hydrogen (secondary N) is 1. The van der Waals surface area contributed by atoms with Crippen molar-refractivity contribution in [3.63, 3.8) is 0 Å². The van der Waals surface area contributed by atoms with Crippen molar-refractivity contribution < 1.29 is 14.2 Å². The average molecular weight is 446 g/mol. The van der Waals surface area contributed by atoms with E-state index < -0.39 is 0 Å². The Morgan fingerprint density at radius 2 is 1.73 bits per heavy atom. The Morgan fingerprint density at radius 1 is 1.00 bits per heavy atom. The molecule has 2 aromatic carbocycles. The fourth-order valence-corrected chi connectivity index (χ4v) is 3.87. The third-order valence-corrected chi connectivity index (χ3v) is 5.36. The van der Waals surface area contributed by atoms with Crippen LogP contribution in [-0.4, -0.2) is 16.1 Å². The molecule has 0 unspecified atom stereocenters. The van der Waals surface area contributed by atoms with Gasteiger partial charge in [0.15, 0.2) is 5.69 Å². The highest BCUT2D eigenvalue weighted by molar-refractivity contribution is 5.83. The molecule has 0 amide bonds. The van der Waals surface area contributed by atoms with Gasteiger partial charge in [0, 0.05) is 29.9 Å². The second-order valence-electron chi connectivity index (χ2n) is 8.98. The predicted octanol–water partition coefficient (Wildman–Crippen LogP) is 5.35. The van der Waals surface area contributed by atoms with Crippen molar-refractivity contribution in [3.05, 3.63) is 88.5 Å². The van der Waals surface area contributed by atoms with Gasteiger partial charge in [0.2, 0.25) is 0 Å². The molecular weight excluding hydrogens is 414 g/mol. The van der Waals surface area contributed by atoms with Gasteiger partial charge in [0.25, 0.3) is 11.6 Å². The molecule has 2 heterocycles. The number of ether oxygens (including phenoxy) is 2. The first-order chi connectivity index (χ1) is 15.9. The zero-order chi connectivity index (χ0) is 23.4. The molecule has 0 aliphatic carbocycles. The molecule has 0 aliphatic rings. The number of hydrogen-bond acceptors (Lipinski definition) is 4. The summed E-state index contributed by atoms with van der Waals surface area (Å²) >= 11 is 0. The largest absolute Gasteiger partial charge is 0.616 e. The van der Waals surface area contributed by atoms with Gasteiger partial charge in [-0.25, -0.2) is 4.98 Å². The molecule has 33 heavy (non-hydrogen) atoms. The van der Waals surface area contributed by atoms with E-state index >= 15 is 0 Å². The van der Waals surface area contributed by atoms with Crippen molar-refractivity contribution in [3.8, 4) is 11.8 Å². The van der Waals surface area contributed by atoms with Crippen molar-refractivity contribution in [1.82, 2.24) is 9.97 Å². The third kappa shape index (κ3) is 5.28. The number of aromatic amines is 1. The number of aromatic nitrogens is 3. The summed E-state index contributed by atoms with van der Waals surface area (Å²) in [6, 6.07) is 18.0. The number of fused-ring (bicyclic) bond motifs is 1. The van der Waals surface area contributed by atoms with E-state index in [1.54, 1.807) is 0 Å². The normalized spacial score (nSPS) is 11.5. The monoisotopic (exact) mass is 445 g/mol. The summed E-state index contributed by atoms with van der Waals surface area (Å²) in [7, 11) is 0. The van der Waals surface area contributed by atoms with Crippen LogP contribution in [0.5, 0.6) is 11.8 Å². The van der Waals surface area contributed by atoms with Crippen LogP contribution in [-0.2, 0) is 19.4 Å². The fraction of sp³-hybridized carbons (Fsp3) is 0.333. The summed E-state index contributed by atoms with van der Waals surface area (Å²) in [5.41, 5.74) is 4.19. The van der Waals surface area contributed by atoms with E-state index in [1.807, 2.05) is 68.6 Å². The lowest BCUT2D eigenvalue weighted by atomic mass is 10.1. The minimum Gasteiger partial charge on any atom is -0.616 e. The van der Waals surface area contributed by atoms with E-state index in [2.05, 4.69) is 24.9 Å². The molecule has 0 saturated heterocycles. The summed E-state index contributed by atoms with van der Waals surface area (Å²) < 4.78 is 13.0. The molecule has 0 saturated carbocycles. The van der Waals surface area contributed by atoms with E-state index in [9.17, 15) is 5.21 Å². The van der Waals surface area contributed by atoms with E-state index in [0.717, 1.165) is 26.8 Å². The molecule has 6 heteroatoms. The van der Waals surface area contributed by atoms with Crippen molar-refractivity contribution in [1.29, 1.82) is 0 Å². The van der Waals surface area contributed by atoms with Gasteiger partial charge < -0.3 is 19.7 Å². The smallest absolute Gasteiger partial charge is 0.402 e. The van der Waals surface area contributed by atoms with Crippen molar-refractivity contribution in [2.24, 2.45) is 5.92 Å². The minimum atomic E-state index is -0.156. The summed E-state index contributed by atoms with van der Waals surface area (Å²) in [5.74, 6) is 0.879. The van der Waals surface area contributed by atoms with Gasteiger partial charge in [-0.15, -0.1) is 4.73 Å². The van der Waals surface area contributed by atoms with Crippen molar-refractivity contribution >= 4 is 10.9 Å². The molecule has 1 N–H and O–H groups in total. The molecule has 172 valence electrons. The summed E-state index contributed by atoms with van der Waals surface area (Å²) in [5, 5.41) is 14.7. The predicted molar refractivity (Wildman–Crippen MR) is 129 cm³/mol. The molecule has 0 atom stereocenters. The lowest BCUT2D eigenvalue weighted by Gasteiger charge is -2.18. The molecule has 0 bridgehead atoms. The number of H-pyrrole nitrogens is 1. The number of hydrogen-bond donors (Lipinski definition) is 1. The molecule has 0 radical (unpaired) electrons. The second-order valence-corrected chi connectivity index (χ2v) is 8.98. The Kier molecular flexibility index (Phi) is 6.82. The van der Waals surface area contributed by atoms with Gasteiger partial charge in [-0.3, -0.25) is 0 Å². The van der Waals surface area contributed by atoms with E-state index in [0.29, 0.717) is 36.7 Å². The van der Waals surface area contributed by atoms with Crippen LogP contribution in [0.2, 0.25) is 0 Å². The summed E-state index contributed by atoms with van der Waals surface area (Å²) in [4.78, 5) is 8.15. The SMILES string of the molecule is CC(C)Cc1c(OCc2ccccc2)nc(Cc2c[nH]c3ccccc23)c(OC(C)C)[n+]1[O-]. The van der Waals surface area contributed by atoms with Crippen LogP contribution in [0.1, 0.15) is 50.2 Å². The molecule has 6 nitrogen and oxygen atoms in total. The van der Waals surface area contributed by atoms with Crippen LogP contribution in [0.15, 0.2) is 60.8 Å². The molecule has 0 fully saturated rings. The van der Waals surface area contributed by atoms with E-state index in [4.69, 9.17) is 14.5 Å². The van der Waals surface area contributed by atoms with Crippen molar-refractivity contribution in [2.75, 3.05) is 0 Å². The molecule has 4 aromatic rings. The fourth-order valence-electron chi connectivity index (χ4n) is 3.87.